The predicted molar refractivity (Wildman–Crippen MR) is 104 cm³/mol. The van der Waals surface area contributed by atoms with E-state index < -0.39 is 58.7 Å². The minimum atomic E-state index is -1.79. The van der Waals surface area contributed by atoms with Gasteiger partial charge in [0.25, 0.3) is 5.91 Å². The Bertz CT molecular complexity index is 719. The summed E-state index contributed by atoms with van der Waals surface area (Å²) < 4.78 is 16.8. The van der Waals surface area contributed by atoms with Crippen LogP contribution in [-0.4, -0.2) is 71.1 Å². The Morgan fingerprint density at radius 1 is 1.17 bits per heavy atom. The zero-order valence-electron chi connectivity index (χ0n) is 18.6. The molecule has 0 aromatic carbocycles. The molecule has 0 aromatic heterocycles. The van der Waals surface area contributed by atoms with E-state index in [0.29, 0.717) is 0 Å². The molecule has 0 bridgehead atoms. The van der Waals surface area contributed by atoms with Crippen LogP contribution in [0, 0.1) is 10.8 Å². The third-order valence-electron chi connectivity index (χ3n) is 4.84. The van der Waals surface area contributed by atoms with E-state index in [0.717, 1.165) is 0 Å². The number of urea groups is 1. The second-order valence-electron chi connectivity index (χ2n) is 10.1. The van der Waals surface area contributed by atoms with Gasteiger partial charge in [-0.3, -0.25) is 24.6 Å². The number of β-amino-alcohol motifs (C(OH)–C–C–N with tert-alkyl or cyclic N) is 1. The van der Waals surface area contributed by atoms with Gasteiger partial charge in [-0.15, -0.1) is 0 Å². The molecule has 10 nitrogen and oxygen atoms in total. The molecule has 2 rings (SSSR count). The molecule has 0 aromatic rings. The van der Waals surface area contributed by atoms with Crippen LogP contribution in [0.2, 0.25) is 0 Å². The number of carbonyl (C=O) groups excluding carboxylic acids is 4. The van der Waals surface area contributed by atoms with Gasteiger partial charge in [0.05, 0.1) is 17.4 Å². The molecular weight excluding hydrogens is 396 g/mol. The van der Waals surface area contributed by atoms with Crippen LogP contribution in [0.15, 0.2) is 0 Å². The first-order valence-corrected chi connectivity index (χ1v) is 9.90. The number of esters is 2. The van der Waals surface area contributed by atoms with Crippen molar-refractivity contribution in [3.63, 3.8) is 0 Å². The van der Waals surface area contributed by atoms with Gasteiger partial charge in [-0.1, -0.05) is 0 Å². The zero-order valence-corrected chi connectivity index (χ0v) is 18.6. The van der Waals surface area contributed by atoms with Crippen LogP contribution in [0.25, 0.3) is 0 Å². The Morgan fingerprint density at radius 3 is 2.27 bits per heavy atom. The van der Waals surface area contributed by atoms with Crippen molar-refractivity contribution >= 4 is 23.9 Å². The van der Waals surface area contributed by atoms with Gasteiger partial charge in [-0.2, -0.15) is 0 Å². The van der Waals surface area contributed by atoms with Gasteiger partial charge in [-0.05, 0) is 48.5 Å². The Morgan fingerprint density at radius 2 is 1.73 bits per heavy atom. The van der Waals surface area contributed by atoms with E-state index in [-0.39, 0.29) is 19.6 Å². The third kappa shape index (κ3) is 5.48. The summed E-state index contributed by atoms with van der Waals surface area (Å²) in [6.45, 7) is 11.1. The van der Waals surface area contributed by atoms with Crippen LogP contribution in [0.3, 0.4) is 0 Å². The highest BCUT2D eigenvalue weighted by molar-refractivity contribution is 6.01. The number of nitrogens with one attached hydrogen (secondary N) is 1. The summed E-state index contributed by atoms with van der Waals surface area (Å²) in [6.07, 6.45) is -2.34. The number of carbonyl (C=O) groups is 4. The van der Waals surface area contributed by atoms with Crippen molar-refractivity contribution in [1.29, 1.82) is 0 Å². The van der Waals surface area contributed by atoms with Gasteiger partial charge in [-0.25, -0.2) is 4.79 Å². The van der Waals surface area contributed by atoms with Gasteiger partial charge in [0.15, 0.2) is 5.60 Å². The fourth-order valence-corrected chi connectivity index (χ4v) is 2.87. The lowest BCUT2D eigenvalue weighted by Crippen LogP contribution is -2.65. The van der Waals surface area contributed by atoms with Crippen LogP contribution < -0.4 is 5.32 Å². The molecule has 0 aliphatic carbocycles. The minimum absolute atomic E-state index is 0.108. The Labute approximate surface area is 176 Å². The van der Waals surface area contributed by atoms with Crippen molar-refractivity contribution in [2.45, 2.75) is 78.9 Å². The third-order valence-corrected chi connectivity index (χ3v) is 4.84. The molecule has 3 amide bonds. The SMILES string of the molecule is CC(C)(C)C(=O)OC[C@H]1O[C@@H](N2CC(C)(O)C(=O)NC2=O)C[C@@H]1OC(=O)C(C)(C)C. The topological polar surface area (TPSA) is 131 Å². The molecule has 0 saturated carbocycles. The van der Waals surface area contributed by atoms with Gasteiger partial charge in [0.2, 0.25) is 0 Å². The van der Waals surface area contributed by atoms with E-state index in [4.69, 9.17) is 14.2 Å². The lowest BCUT2D eigenvalue weighted by atomic mass is 9.97. The van der Waals surface area contributed by atoms with Gasteiger partial charge in [0, 0.05) is 6.42 Å². The first-order chi connectivity index (χ1) is 13.5. The van der Waals surface area contributed by atoms with E-state index in [1.54, 1.807) is 41.5 Å². The highest BCUT2D eigenvalue weighted by atomic mass is 16.6. The monoisotopic (exact) mass is 428 g/mol. The summed E-state index contributed by atoms with van der Waals surface area (Å²) in [5.74, 6) is -1.71. The first-order valence-electron chi connectivity index (χ1n) is 9.90. The summed E-state index contributed by atoms with van der Waals surface area (Å²) in [5.41, 5.74) is -3.27. The van der Waals surface area contributed by atoms with Crippen molar-refractivity contribution < 1.29 is 38.5 Å². The number of rotatable bonds is 4. The van der Waals surface area contributed by atoms with Gasteiger partial charge < -0.3 is 19.3 Å². The maximum absolute atomic E-state index is 12.4. The molecule has 30 heavy (non-hydrogen) atoms. The van der Waals surface area contributed by atoms with Crippen LogP contribution in [0.4, 0.5) is 4.79 Å². The minimum Gasteiger partial charge on any atom is -0.462 e. The number of amides is 3. The average molecular weight is 428 g/mol. The highest BCUT2D eigenvalue weighted by Gasteiger charge is 2.49. The van der Waals surface area contributed by atoms with Crippen LogP contribution in [0.1, 0.15) is 54.9 Å². The predicted octanol–water partition coefficient (Wildman–Crippen LogP) is 0.951. The lowest BCUT2D eigenvalue weighted by molar-refractivity contribution is -0.169. The molecule has 170 valence electrons. The normalized spacial score (nSPS) is 30.1. The van der Waals surface area contributed by atoms with Crippen molar-refractivity contribution in [1.82, 2.24) is 10.2 Å². The zero-order chi connectivity index (χ0) is 23.1. The Balaban J connectivity index is 2.16. The van der Waals surface area contributed by atoms with E-state index in [1.165, 1.54) is 11.8 Å². The Kier molecular flexibility index (Phi) is 6.54. The maximum Gasteiger partial charge on any atom is 0.326 e. The Hall–Kier alpha value is -2.20. The summed E-state index contributed by atoms with van der Waals surface area (Å²) >= 11 is 0. The molecule has 10 heteroatoms. The van der Waals surface area contributed by atoms with Crippen LogP contribution >= 0.6 is 0 Å². The number of hydrogen-bond donors (Lipinski definition) is 2. The number of nitrogens with zero attached hydrogens (tertiary/aromatic N) is 1. The fourth-order valence-electron chi connectivity index (χ4n) is 2.87. The van der Waals surface area contributed by atoms with Crippen molar-refractivity contribution in [2.24, 2.45) is 10.8 Å². The average Bonchev–Trinajstić information content (AvgIpc) is 2.97. The molecular formula is C20H32N2O8. The summed E-state index contributed by atoms with van der Waals surface area (Å²) in [5, 5.41) is 12.3. The van der Waals surface area contributed by atoms with E-state index in [2.05, 4.69) is 5.32 Å². The van der Waals surface area contributed by atoms with E-state index in [9.17, 15) is 24.3 Å². The number of imide groups is 1. The van der Waals surface area contributed by atoms with Gasteiger partial charge in [0.1, 0.15) is 25.0 Å². The smallest absolute Gasteiger partial charge is 0.326 e. The number of ether oxygens (including phenoxy) is 3. The van der Waals surface area contributed by atoms with Crippen LogP contribution in [0.5, 0.6) is 0 Å². The summed E-state index contributed by atoms with van der Waals surface area (Å²) in [4.78, 5) is 49.7. The molecule has 0 spiro atoms. The molecule has 4 atom stereocenters. The fraction of sp³-hybridized carbons (Fsp3) is 0.800. The largest absolute Gasteiger partial charge is 0.462 e. The molecule has 2 saturated heterocycles. The number of hydrogen-bond acceptors (Lipinski definition) is 8. The second kappa shape index (κ2) is 8.14. The van der Waals surface area contributed by atoms with E-state index >= 15 is 0 Å². The quantitative estimate of drug-likeness (QED) is 0.633. The molecule has 2 N–H and O–H groups in total. The molecule has 2 fully saturated rings. The summed E-state index contributed by atoms with van der Waals surface area (Å²) in [7, 11) is 0. The maximum atomic E-state index is 12.4. The number of aliphatic hydroxyl groups is 1. The highest BCUT2D eigenvalue weighted by Crippen LogP contribution is 2.31. The summed E-state index contributed by atoms with van der Waals surface area (Å²) in [6, 6.07) is -0.718. The first kappa shape index (κ1) is 24.1. The molecule has 2 aliphatic rings. The second-order valence-corrected chi connectivity index (χ2v) is 10.1. The van der Waals surface area contributed by atoms with Crippen molar-refractivity contribution in [3.05, 3.63) is 0 Å². The standard InChI is InChI=1S/C20H32N2O8/c1-18(2,3)15(24)28-9-12-11(30-16(25)19(4,5)6)8-13(29-12)22-10-20(7,27)14(23)21-17(22)26/h11-13,27H,8-10H2,1-7H3,(H,21,23,26)/t11-,12+,13+,20?/m0/s1. The van der Waals surface area contributed by atoms with Gasteiger partial charge >= 0.3 is 18.0 Å². The van der Waals surface area contributed by atoms with E-state index in [1.807, 2.05) is 0 Å². The lowest BCUT2D eigenvalue weighted by Gasteiger charge is -2.38. The van der Waals surface area contributed by atoms with Crippen molar-refractivity contribution in [3.8, 4) is 0 Å². The van der Waals surface area contributed by atoms with Crippen molar-refractivity contribution in [2.75, 3.05) is 13.2 Å². The molecule has 2 heterocycles. The molecule has 2 aliphatic heterocycles. The van der Waals surface area contributed by atoms with Crippen LogP contribution in [-0.2, 0) is 28.6 Å². The molecule has 1 unspecified atom stereocenters. The molecule has 0 radical (unpaired) electrons.